The van der Waals surface area contributed by atoms with Gasteiger partial charge in [0.05, 0.1) is 29.6 Å². The van der Waals surface area contributed by atoms with Crippen molar-refractivity contribution in [1.29, 1.82) is 0 Å². The molecule has 0 atom stereocenters. The molecule has 0 saturated heterocycles. The summed E-state index contributed by atoms with van der Waals surface area (Å²) in [6.07, 6.45) is 12.9. The fourth-order valence-corrected chi connectivity index (χ4v) is 11.8. The minimum absolute atomic E-state index is 0.264. The molecule has 2 saturated carbocycles. The van der Waals surface area contributed by atoms with Crippen molar-refractivity contribution >= 4 is 57.3 Å². The van der Waals surface area contributed by atoms with Crippen LogP contribution in [0, 0.1) is 0 Å². The van der Waals surface area contributed by atoms with Crippen molar-refractivity contribution < 1.29 is 19.4 Å². The van der Waals surface area contributed by atoms with Crippen molar-refractivity contribution in [2.24, 2.45) is 0 Å². The number of carboxylic acids is 1. The lowest BCUT2D eigenvalue weighted by atomic mass is 9.81. The first-order valence-electron chi connectivity index (χ1n) is 20.1. The first-order valence-corrected chi connectivity index (χ1v) is 22.1. The Morgan fingerprint density at radius 1 is 0.618 bits per heavy atom. The molecule has 4 heterocycles. The van der Waals surface area contributed by atoms with Gasteiger partial charge in [-0.15, -0.1) is 23.5 Å². The SMILES string of the molecule is COC(=O)c1ccc2c(C3CCCCC3)c3n(c2c1)CCSc1ccccc1-3.O=C(O)c1ccc2c(C3CCCCC3)c3n(c2c1)CCSc1ccccc1-3. The molecule has 2 aliphatic heterocycles. The fraction of sp³-hybridized carbons (Fsp3) is 0.362. The van der Waals surface area contributed by atoms with E-state index in [9.17, 15) is 14.7 Å². The second kappa shape index (κ2) is 15.6. The van der Waals surface area contributed by atoms with E-state index in [0.29, 0.717) is 23.0 Å². The average molecular weight is 769 g/mol. The Hall–Kier alpha value is -4.40. The summed E-state index contributed by atoms with van der Waals surface area (Å²) in [6.45, 7) is 1.88. The van der Waals surface area contributed by atoms with Crippen LogP contribution in [0.3, 0.4) is 0 Å². The van der Waals surface area contributed by atoms with E-state index in [-0.39, 0.29) is 5.97 Å². The van der Waals surface area contributed by atoms with Gasteiger partial charge in [0, 0.05) is 67.3 Å². The lowest BCUT2D eigenvalue weighted by Gasteiger charge is -2.23. The van der Waals surface area contributed by atoms with E-state index in [1.807, 2.05) is 41.7 Å². The quantitative estimate of drug-likeness (QED) is 0.180. The molecular formula is C47H48N2O4S2. The van der Waals surface area contributed by atoms with Crippen LogP contribution >= 0.6 is 23.5 Å². The second-order valence-electron chi connectivity index (χ2n) is 15.4. The number of nitrogens with zero attached hydrogens (tertiary/aromatic N) is 2. The largest absolute Gasteiger partial charge is 0.478 e. The van der Waals surface area contributed by atoms with Crippen molar-refractivity contribution in [3.05, 3.63) is 107 Å². The minimum atomic E-state index is -0.852. The molecule has 2 fully saturated rings. The van der Waals surface area contributed by atoms with Gasteiger partial charge in [0.2, 0.25) is 0 Å². The maximum Gasteiger partial charge on any atom is 0.337 e. The van der Waals surface area contributed by atoms with Crippen molar-refractivity contribution in [1.82, 2.24) is 9.13 Å². The van der Waals surface area contributed by atoms with E-state index in [1.54, 1.807) is 6.07 Å². The Labute approximate surface area is 331 Å². The van der Waals surface area contributed by atoms with Gasteiger partial charge in [-0.3, -0.25) is 0 Å². The lowest BCUT2D eigenvalue weighted by Crippen LogP contribution is -2.07. The van der Waals surface area contributed by atoms with Crippen LogP contribution < -0.4 is 0 Å². The number of hydrogen-bond acceptors (Lipinski definition) is 5. The third-order valence-electron chi connectivity index (χ3n) is 12.3. The van der Waals surface area contributed by atoms with Crippen LogP contribution in [0.5, 0.6) is 0 Å². The van der Waals surface area contributed by atoms with Crippen LogP contribution in [0.2, 0.25) is 0 Å². The smallest absolute Gasteiger partial charge is 0.337 e. The van der Waals surface area contributed by atoms with Gasteiger partial charge >= 0.3 is 11.9 Å². The Morgan fingerprint density at radius 3 is 1.55 bits per heavy atom. The van der Waals surface area contributed by atoms with Crippen molar-refractivity contribution in [3.8, 4) is 22.5 Å². The second-order valence-corrected chi connectivity index (χ2v) is 17.7. The lowest BCUT2D eigenvalue weighted by molar-refractivity contribution is 0.0600. The van der Waals surface area contributed by atoms with Crippen LogP contribution in [0.25, 0.3) is 44.3 Å². The summed E-state index contributed by atoms with van der Waals surface area (Å²) in [5, 5.41) is 12.1. The number of aryl methyl sites for hydroxylation is 2. The molecule has 4 aliphatic rings. The van der Waals surface area contributed by atoms with Crippen molar-refractivity contribution in [2.45, 2.75) is 98.9 Å². The zero-order valence-corrected chi connectivity index (χ0v) is 33.2. The molecule has 1 N–H and O–H groups in total. The summed E-state index contributed by atoms with van der Waals surface area (Å²) in [4.78, 5) is 26.5. The van der Waals surface area contributed by atoms with Gasteiger partial charge in [0.1, 0.15) is 0 Å². The summed E-state index contributed by atoms with van der Waals surface area (Å²) in [7, 11) is 1.45. The summed E-state index contributed by atoms with van der Waals surface area (Å²) in [6, 6.07) is 29.3. The molecule has 2 aliphatic carbocycles. The normalized spacial score (nSPS) is 17.2. The van der Waals surface area contributed by atoms with Crippen LogP contribution in [0.4, 0.5) is 0 Å². The van der Waals surface area contributed by atoms with Crippen LogP contribution in [-0.2, 0) is 17.8 Å². The minimum Gasteiger partial charge on any atom is -0.478 e. The van der Waals surface area contributed by atoms with E-state index in [4.69, 9.17) is 4.74 Å². The highest BCUT2D eigenvalue weighted by Crippen LogP contribution is 2.49. The molecule has 6 nitrogen and oxygen atoms in total. The molecule has 8 heteroatoms. The van der Waals surface area contributed by atoms with E-state index in [0.717, 1.165) is 30.1 Å². The molecule has 10 rings (SSSR count). The zero-order chi connectivity index (χ0) is 37.5. The Morgan fingerprint density at radius 2 is 1.07 bits per heavy atom. The number of aromatic carboxylic acids is 1. The summed E-state index contributed by atoms with van der Waals surface area (Å²) < 4.78 is 9.84. The van der Waals surface area contributed by atoms with Gasteiger partial charge in [-0.25, -0.2) is 9.59 Å². The number of esters is 1. The standard InChI is InChI=1S/C24H25NO2S.C23H23NO2S/c1-27-24(26)17-11-12-18-20(15-17)25-13-14-28-21-10-6-5-9-19(21)23(25)22(18)16-7-3-2-4-8-16;25-23(26)16-10-11-17-19(14-16)24-12-13-27-20-9-5-4-8-18(20)22(24)21(17)15-6-2-1-3-7-15/h5-6,9-12,15-16H,2-4,7-8,13-14H2,1H3;4-5,8-11,14-15H,1-3,6-7,12-13H2,(H,25,26). The monoisotopic (exact) mass is 768 g/mol. The molecule has 2 aromatic heterocycles. The van der Waals surface area contributed by atoms with Crippen LogP contribution in [-0.4, -0.2) is 44.8 Å². The Kier molecular flexibility index (Phi) is 10.3. The van der Waals surface area contributed by atoms with Crippen LogP contribution in [0.15, 0.2) is 94.7 Å². The molecule has 0 spiro atoms. The molecule has 0 bridgehead atoms. The number of ether oxygens (including phenoxy) is 1. The molecular weight excluding hydrogens is 721 g/mol. The maximum atomic E-state index is 12.2. The number of rotatable bonds is 4. The summed E-state index contributed by atoms with van der Waals surface area (Å²) in [5.41, 5.74) is 11.6. The molecule has 282 valence electrons. The van der Waals surface area contributed by atoms with E-state index in [2.05, 4.69) is 69.8 Å². The number of benzene rings is 4. The number of carboxylic acid groups (broad SMARTS) is 1. The number of methoxy groups -OCH3 is 1. The third kappa shape index (κ3) is 6.69. The van der Waals surface area contributed by atoms with Gasteiger partial charge < -0.3 is 19.0 Å². The summed E-state index contributed by atoms with van der Waals surface area (Å²) in [5.74, 6) is 2.11. The highest BCUT2D eigenvalue weighted by Gasteiger charge is 2.31. The molecule has 0 radical (unpaired) electrons. The predicted molar refractivity (Wildman–Crippen MR) is 226 cm³/mol. The van der Waals surface area contributed by atoms with Crippen LogP contribution in [0.1, 0.15) is 108 Å². The number of fused-ring (bicyclic) bond motifs is 10. The first kappa shape index (κ1) is 36.3. The molecule has 55 heavy (non-hydrogen) atoms. The van der Waals surface area contributed by atoms with E-state index >= 15 is 0 Å². The van der Waals surface area contributed by atoms with Gasteiger partial charge in [-0.05, 0) is 85.0 Å². The predicted octanol–water partition coefficient (Wildman–Crippen LogP) is 12.4. The van der Waals surface area contributed by atoms with E-state index in [1.165, 1.54) is 131 Å². The maximum absolute atomic E-state index is 12.2. The fourth-order valence-electron chi connectivity index (χ4n) is 9.85. The number of thioether (sulfide) groups is 2. The van der Waals surface area contributed by atoms with Crippen molar-refractivity contribution in [3.63, 3.8) is 0 Å². The van der Waals surface area contributed by atoms with Crippen molar-refractivity contribution in [2.75, 3.05) is 18.6 Å². The molecule has 4 aromatic carbocycles. The molecule has 0 unspecified atom stereocenters. The zero-order valence-electron chi connectivity index (χ0n) is 31.5. The van der Waals surface area contributed by atoms with Gasteiger partial charge in [-0.1, -0.05) is 87.1 Å². The first-order chi connectivity index (χ1) is 27.0. The third-order valence-corrected chi connectivity index (χ3v) is 14.4. The highest BCUT2D eigenvalue weighted by atomic mass is 32.2. The van der Waals surface area contributed by atoms with E-state index < -0.39 is 5.97 Å². The number of carbonyl (C=O) groups is 2. The van der Waals surface area contributed by atoms with Gasteiger partial charge in [0.25, 0.3) is 0 Å². The number of aromatic nitrogens is 2. The highest BCUT2D eigenvalue weighted by molar-refractivity contribution is 7.99. The summed E-state index contributed by atoms with van der Waals surface area (Å²) >= 11 is 3.85. The number of hydrogen-bond donors (Lipinski definition) is 1. The number of carbonyl (C=O) groups excluding carboxylic acids is 1. The average Bonchev–Trinajstić information content (AvgIpc) is 3.55. The topological polar surface area (TPSA) is 73.5 Å². The Balaban J connectivity index is 0.000000144. The molecule has 6 aromatic rings. The Bertz CT molecular complexity index is 2410. The van der Waals surface area contributed by atoms with Gasteiger partial charge in [-0.2, -0.15) is 0 Å². The van der Waals surface area contributed by atoms with Gasteiger partial charge in [0.15, 0.2) is 0 Å². The molecule has 0 amide bonds.